The Morgan fingerprint density at radius 3 is 2.89 bits per heavy atom. The first-order valence-corrected chi connectivity index (χ1v) is 5.98. The minimum absolute atomic E-state index is 0.109. The number of rotatable bonds is 4. The van der Waals surface area contributed by atoms with E-state index in [0.29, 0.717) is 6.04 Å². The predicted molar refractivity (Wildman–Crippen MR) is 66.3 cm³/mol. The van der Waals surface area contributed by atoms with Gasteiger partial charge in [-0.25, -0.2) is 4.79 Å². The van der Waals surface area contributed by atoms with Crippen LogP contribution in [0.2, 0.25) is 0 Å². The summed E-state index contributed by atoms with van der Waals surface area (Å²) in [5.41, 5.74) is 0.754. The van der Waals surface area contributed by atoms with E-state index < -0.39 is 5.97 Å². The maximum Gasteiger partial charge on any atom is 0.339 e. The summed E-state index contributed by atoms with van der Waals surface area (Å²) >= 11 is 0. The van der Waals surface area contributed by atoms with Gasteiger partial charge in [-0.15, -0.1) is 0 Å². The highest BCUT2D eigenvalue weighted by atomic mass is 16.5. The molecule has 0 saturated carbocycles. The first-order valence-electron chi connectivity index (χ1n) is 5.98. The molecule has 1 heterocycles. The Labute approximate surface area is 105 Å². The summed E-state index contributed by atoms with van der Waals surface area (Å²) in [6, 6.07) is 3.59. The van der Waals surface area contributed by atoms with Gasteiger partial charge in [-0.2, -0.15) is 0 Å². The van der Waals surface area contributed by atoms with Crippen molar-refractivity contribution in [3.05, 3.63) is 23.3 Å². The monoisotopic (exact) mass is 251 g/mol. The average molecular weight is 251 g/mol. The molecule has 5 nitrogen and oxygen atoms in total. The van der Waals surface area contributed by atoms with Gasteiger partial charge in [-0.05, 0) is 43.5 Å². The van der Waals surface area contributed by atoms with Crippen molar-refractivity contribution in [1.82, 2.24) is 5.32 Å². The lowest BCUT2D eigenvalue weighted by atomic mass is 10.0. The van der Waals surface area contributed by atoms with Gasteiger partial charge in [-0.1, -0.05) is 0 Å². The second-order valence-corrected chi connectivity index (χ2v) is 4.50. The summed E-state index contributed by atoms with van der Waals surface area (Å²) in [5, 5.41) is 22.1. The summed E-state index contributed by atoms with van der Waals surface area (Å²) in [4.78, 5) is 11.0. The molecule has 1 saturated heterocycles. The average Bonchev–Trinajstić information content (AvgIpc) is 2.83. The lowest BCUT2D eigenvalue weighted by Crippen LogP contribution is -2.23. The summed E-state index contributed by atoms with van der Waals surface area (Å²) in [5.74, 6) is -1.25. The Morgan fingerprint density at radius 2 is 2.33 bits per heavy atom. The van der Waals surface area contributed by atoms with Crippen molar-refractivity contribution in [3.63, 3.8) is 0 Å². The first kappa shape index (κ1) is 12.7. The molecule has 1 unspecified atom stereocenters. The van der Waals surface area contributed by atoms with Gasteiger partial charge < -0.3 is 20.3 Å². The third kappa shape index (κ3) is 2.56. The van der Waals surface area contributed by atoms with E-state index >= 15 is 0 Å². The fourth-order valence-electron chi connectivity index (χ4n) is 2.32. The maximum absolute atomic E-state index is 11.0. The number of hydrogen-bond donors (Lipinski definition) is 3. The third-order valence-electron chi connectivity index (χ3n) is 3.23. The highest BCUT2D eigenvalue weighted by Gasteiger charge is 2.19. The lowest BCUT2D eigenvalue weighted by molar-refractivity contribution is 0.0693. The second-order valence-electron chi connectivity index (χ2n) is 4.50. The molecule has 0 aromatic heterocycles. The van der Waals surface area contributed by atoms with Crippen LogP contribution in [0, 0.1) is 0 Å². The van der Waals surface area contributed by atoms with Gasteiger partial charge in [0.15, 0.2) is 11.5 Å². The van der Waals surface area contributed by atoms with Crippen LogP contribution in [0.5, 0.6) is 11.5 Å². The standard InChI is InChI=1S/C13H17NO4/c1-18-11-7-8(5-9-3-2-4-14-9)6-10(12(11)15)13(16)17/h6-7,9,14-15H,2-5H2,1H3,(H,16,17). The largest absolute Gasteiger partial charge is 0.504 e. The molecule has 1 aromatic rings. The van der Waals surface area contributed by atoms with Crippen molar-refractivity contribution in [1.29, 1.82) is 0 Å². The normalized spacial score (nSPS) is 18.8. The highest BCUT2D eigenvalue weighted by Crippen LogP contribution is 2.32. The van der Waals surface area contributed by atoms with E-state index in [1.54, 1.807) is 6.07 Å². The quantitative estimate of drug-likeness (QED) is 0.753. The molecular weight excluding hydrogens is 234 g/mol. The molecule has 18 heavy (non-hydrogen) atoms. The van der Waals surface area contributed by atoms with Crippen molar-refractivity contribution in [2.45, 2.75) is 25.3 Å². The number of carbonyl (C=O) groups is 1. The third-order valence-corrected chi connectivity index (χ3v) is 3.23. The zero-order valence-corrected chi connectivity index (χ0v) is 10.3. The van der Waals surface area contributed by atoms with E-state index in [4.69, 9.17) is 9.84 Å². The molecule has 98 valence electrons. The fraction of sp³-hybridized carbons (Fsp3) is 0.462. The smallest absolute Gasteiger partial charge is 0.339 e. The number of phenols is 1. The van der Waals surface area contributed by atoms with Gasteiger partial charge in [0.05, 0.1) is 7.11 Å². The molecule has 5 heteroatoms. The number of benzene rings is 1. The Morgan fingerprint density at radius 1 is 1.56 bits per heavy atom. The van der Waals surface area contributed by atoms with Crippen LogP contribution in [0.25, 0.3) is 0 Å². The van der Waals surface area contributed by atoms with Crippen molar-refractivity contribution in [3.8, 4) is 11.5 Å². The first-order chi connectivity index (χ1) is 8.61. The molecule has 0 spiro atoms. The van der Waals surface area contributed by atoms with Crippen LogP contribution in [-0.2, 0) is 6.42 Å². The highest BCUT2D eigenvalue weighted by molar-refractivity contribution is 5.92. The molecule has 1 fully saturated rings. The van der Waals surface area contributed by atoms with Gasteiger partial charge in [0.2, 0.25) is 0 Å². The Balaban J connectivity index is 2.29. The van der Waals surface area contributed by atoms with E-state index in [0.717, 1.165) is 31.4 Å². The Kier molecular flexibility index (Phi) is 3.72. The number of hydrogen-bond acceptors (Lipinski definition) is 4. The summed E-state index contributed by atoms with van der Waals surface area (Å²) in [6.07, 6.45) is 2.98. The van der Waals surface area contributed by atoms with Gasteiger partial charge in [0.1, 0.15) is 5.56 Å². The number of methoxy groups -OCH3 is 1. The fourth-order valence-corrected chi connectivity index (χ4v) is 2.32. The van der Waals surface area contributed by atoms with Crippen molar-refractivity contribution in [2.75, 3.05) is 13.7 Å². The van der Waals surface area contributed by atoms with Crippen molar-refractivity contribution in [2.24, 2.45) is 0 Å². The molecule has 1 atom stereocenters. The topological polar surface area (TPSA) is 78.8 Å². The Hall–Kier alpha value is -1.75. The van der Waals surface area contributed by atoms with Gasteiger partial charge >= 0.3 is 5.97 Å². The molecule has 1 aromatic carbocycles. The molecule has 0 amide bonds. The van der Waals surface area contributed by atoms with Crippen LogP contribution in [0.15, 0.2) is 12.1 Å². The maximum atomic E-state index is 11.0. The van der Waals surface area contributed by atoms with Crippen LogP contribution < -0.4 is 10.1 Å². The minimum Gasteiger partial charge on any atom is -0.504 e. The van der Waals surface area contributed by atoms with E-state index in [-0.39, 0.29) is 17.1 Å². The minimum atomic E-state index is -1.15. The van der Waals surface area contributed by atoms with Crippen LogP contribution >= 0.6 is 0 Å². The molecule has 1 aliphatic rings. The van der Waals surface area contributed by atoms with Crippen LogP contribution in [-0.4, -0.2) is 35.9 Å². The van der Waals surface area contributed by atoms with Crippen LogP contribution in [0.3, 0.4) is 0 Å². The van der Waals surface area contributed by atoms with Crippen LogP contribution in [0.4, 0.5) is 0 Å². The molecule has 3 N–H and O–H groups in total. The number of nitrogens with one attached hydrogen (secondary N) is 1. The van der Waals surface area contributed by atoms with E-state index in [1.807, 2.05) is 0 Å². The number of aromatic carboxylic acids is 1. The summed E-state index contributed by atoms with van der Waals surface area (Å²) in [7, 11) is 1.41. The lowest BCUT2D eigenvalue weighted by Gasteiger charge is -2.13. The number of carboxylic acids is 1. The number of ether oxygens (including phenoxy) is 1. The molecule has 0 bridgehead atoms. The summed E-state index contributed by atoms with van der Waals surface area (Å²) in [6.45, 7) is 1.01. The second kappa shape index (κ2) is 5.27. The zero-order valence-electron chi connectivity index (χ0n) is 10.3. The Bertz CT molecular complexity index is 453. The molecule has 1 aliphatic heterocycles. The molecule has 0 radical (unpaired) electrons. The van der Waals surface area contributed by atoms with Crippen molar-refractivity contribution < 1.29 is 19.7 Å². The number of carboxylic acid groups (broad SMARTS) is 1. The molecule has 0 aliphatic carbocycles. The molecule has 2 rings (SSSR count). The zero-order chi connectivity index (χ0) is 13.1. The van der Waals surface area contributed by atoms with Crippen LogP contribution in [0.1, 0.15) is 28.8 Å². The van der Waals surface area contributed by atoms with E-state index in [2.05, 4.69) is 5.32 Å². The molecular formula is C13H17NO4. The van der Waals surface area contributed by atoms with Gasteiger partial charge in [-0.3, -0.25) is 0 Å². The summed E-state index contributed by atoms with van der Waals surface area (Å²) < 4.78 is 5.01. The SMILES string of the molecule is COc1cc(CC2CCCN2)cc(C(=O)O)c1O. The van der Waals surface area contributed by atoms with Crippen molar-refractivity contribution >= 4 is 5.97 Å². The van der Waals surface area contributed by atoms with Gasteiger partial charge in [0, 0.05) is 6.04 Å². The van der Waals surface area contributed by atoms with E-state index in [1.165, 1.54) is 13.2 Å². The number of aromatic hydroxyl groups is 1. The van der Waals surface area contributed by atoms with Gasteiger partial charge in [0.25, 0.3) is 0 Å². The predicted octanol–water partition coefficient (Wildman–Crippen LogP) is 1.39. The van der Waals surface area contributed by atoms with E-state index in [9.17, 15) is 9.90 Å².